The zero-order valence-corrected chi connectivity index (χ0v) is 6.97. The van der Waals surface area contributed by atoms with E-state index in [9.17, 15) is 0 Å². The third-order valence-corrected chi connectivity index (χ3v) is 1.20. The van der Waals surface area contributed by atoms with E-state index < -0.39 is 0 Å². The maximum absolute atomic E-state index is 4.13. The average molecular weight is 128 g/mol. The number of amidine groups is 1. The van der Waals surface area contributed by atoms with Gasteiger partial charge in [-0.1, -0.05) is 13.8 Å². The van der Waals surface area contributed by atoms with Crippen LogP contribution in [0.2, 0.25) is 0 Å². The third kappa shape index (κ3) is 2.49. The zero-order valence-electron chi connectivity index (χ0n) is 6.97. The smallest absolute Gasteiger partial charge is 0.101 e. The molecule has 0 spiro atoms. The van der Waals surface area contributed by atoms with Crippen LogP contribution in [0.4, 0.5) is 0 Å². The Morgan fingerprint density at radius 2 is 1.78 bits per heavy atom. The average Bonchev–Trinajstić information content (AvgIpc) is 1.64. The Hall–Kier alpha value is -0.530. The summed E-state index contributed by atoms with van der Waals surface area (Å²) >= 11 is 0. The van der Waals surface area contributed by atoms with Crippen molar-refractivity contribution >= 4 is 5.84 Å². The quantitative estimate of drug-likeness (QED) is 0.383. The molecule has 0 fully saturated rings. The van der Waals surface area contributed by atoms with E-state index in [0.717, 1.165) is 5.84 Å². The first-order valence-corrected chi connectivity index (χ1v) is 3.23. The summed E-state index contributed by atoms with van der Waals surface area (Å²) in [4.78, 5) is 6.18. The normalized spacial score (nSPS) is 12.4. The molecule has 0 N–H and O–H groups in total. The minimum Gasteiger partial charge on any atom is -0.366 e. The molecule has 2 nitrogen and oxygen atoms in total. The van der Waals surface area contributed by atoms with Gasteiger partial charge in [-0.25, -0.2) is 0 Å². The molecular formula is C7H16N2. The fourth-order valence-electron chi connectivity index (χ4n) is 0.975. The topological polar surface area (TPSA) is 15.6 Å². The molecule has 0 aliphatic rings. The summed E-state index contributed by atoms with van der Waals surface area (Å²) < 4.78 is 0. The van der Waals surface area contributed by atoms with E-state index in [0.29, 0.717) is 5.92 Å². The molecule has 0 aromatic heterocycles. The molecule has 0 radical (unpaired) electrons. The zero-order chi connectivity index (χ0) is 7.44. The molecule has 54 valence electrons. The summed E-state index contributed by atoms with van der Waals surface area (Å²) in [6.45, 7) is 4.28. The van der Waals surface area contributed by atoms with Gasteiger partial charge in [-0.15, -0.1) is 0 Å². The van der Waals surface area contributed by atoms with Gasteiger partial charge in [0.1, 0.15) is 5.84 Å². The van der Waals surface area contributed by atoms with E-state index in [4.69, 9.17) is 0 Å². The second-order valence-electron chi connectivity index (χ2n) is 2.63. The Morgan fingerprint density at radius 3 is 1.78 bits per heavy atom. The number of aliphatic imine (C=N–C) groups is 1. The van der Waals surface area contributed by atoms with Crippen LogP contribution >= 0.6 is 0 Å². The van der Waals surface area contributed by atoms with Gasteiger partial charge in [0.25, 0.3) is 0 Å². The third-order valence-electron chi connectivity index (χ3n) is 1.20. The minimum atomic E-state index is 0.532. The summed E-state index contributed by atoms with van der Waals surface area (Å²) in [6.07, 6.45) is 0. The van der Waals surface area contributed by atoms with E-state index in [1.54, 1.807) is 0 Å². The molecule has 0 aliphatic carbocycles. The van der Waals surface area contributed by atoms with Crippen LogP contribution < -0.4 is 0 Å². The van der Waals surface area contributed by atoms with Crippen molar-refractivity contribution in [1.82, 2.24) is 4.90 Å². The molecule has 0 unspecified atom stereocenters. The largest absolute Gasteiger partial charge is 0.366 e. The lowest BCUT2D eigenvalue weighted by molar-refractivity contribution is 0.573. The summed E-state index contributed by atoms with van der Waals surface area (Å²) in [5.41, 5.74) is 0. The second-order valence-corrected chi connectivity index (χ2v) is 2.63. The van der Waals surface area contributed by atoms with Crippen molar-refractivity contribution in [1.29, 1.82) is 0 Å². The highest BCUT2D eigenvalue weighted by molar-refractivity contribution is 5.83. The summed E-state index contributed by atoms with van der Waals surface area (Å²) in [5.74, 6) is 1.68. The van der Waals surface area contributed by atoms with Crippen molar-refractivity contribution in [3.05, 3.63) is 0 Å². The second kappa shape index (κ2) is 3.49. The maximum atomic E-state index is 4.13. The van der Waals surface area contributed by atoms with Crippen LogP contribution in [0.5, 0.6) is 0 Å². The van der Waals surface area contributed by atoms with Crippen LogP contribution in [0.15, 0.2) is 4.99 Å². The maximum Gasteiger partial charge on any atom is 0.101 e. The predicted molar refractivity (Wildman–Crippen MR) is 41.9 cm³/mol. The first kappa shape index (κ1) is 8.47. The van der Waals surface area contributed by atoms with Crippen LogP contribution in [0.1, 0.15) is 13.8 Å². The lowest BCUT2D eigenvalue weighted by atomic mass is 10.2. The van der Waals surface area contributed by atoms with Crippen LogP contribution in [0, 0.1) is 5.92 Å². The van der Waals surface area contributed by atoms with E-state index >= 15 is 0 Å². The van der Waals surface area contributed by atoms with Crippen LogP contribution in [-0.4, -0.2) is 31.9 Å². The van der Waals surface area contributed by atoms with Crippen molar-refractivity contribution in [3.8, 4) is 0 Å². The summed E-state index contributed by atoms with van der Waals surface area (Å²) in [5, 5.41) is 0. The van der Waals surface area contributed by atoms with Crippen molar-refractivity contribution in [2.75, 3.05) is 21.1 Å². The Labute approximate surface area is 57.6 Å². The molecule has 2 heteroatoms. The van der Waals surface area contributed by atoms with Gasteiger partial charge in [0, 0.05) is 27.1 Å². The molecule has 0 atom stereocenters. The van der Waals surface area contributed by atoms with E-state index in [2.05, 4.69) is 18.8 Å². The van der Waals surface area contributed by atoms with Gasteiger partial charge in [0.15, 0.2) is 0 Å². The van der Waals surface area contributed by atoms with Gasteiger partial charge in [-0.05, 0) is 0 Å². The minimum absolute atomic E-state index is 0.532. The lowest BCUT2D eigenvalue weighted by Gasteiger charge is -2.17. The highest BCUT2D eigenvalue weighted by atomic mass is 15.1. The summed E-state index contributed by atoms with van der Waals surface area (Å²) in [7, 11) is 5.86. The van der Waals surface area contributed by atoms with Gasteiger partial charge in [0.05, 0.1) is 0 Å². The molecule has 0 bridgehead atoms. The first-order chi connectivity index (χ1) is 4.09. The molecule has 0 amide bonds. The standard InChI is InChI=1S/C7H16N2/c1-6(2)7(8-3)9(4)5/h6H,1-5H3. The number of rotatable bonds is 1. The Bertz CT molecular complexity index is 93.5. The number of hydrogen-bond acceptors (Lipinski definition) is 1. The van der Waals surface area contributed by atoms with Crippen molar-refractivity contribution in [2.24, 2.45) is 10.9 Å². The molecule has 0 saturated carbocycles. The SMILES string of the molecule is CN=C(C(C)C)N(C)C. The van der Waals surface area contributed by atoms with E-state index in [1.165, 1.54) is 0 Å². The van der Waals surface area contributed by atoms with Gasteiger partial charge in [0.2, 0.25) is 0 Å². The molecule has 0 aromatic carbocycles. The van der Waals surface area contributed by atoms with Gasteiger partial charge < -0.3 is 4.90 Å². The monoisotopic (exact) mass is 128 g/mol. The Morgan fingerprint density at radius 1 is 1.33 bits per heavy atom. The van der Waals surface area contributed by atoms with Crippen LogP contribution in [0.3, 0.4) is 0 Å². The van der Waals surface area contributed by atoms with Gasteiger partial charge in [-0.2, -0.15) is 0 Å². The van der Waals surface area contributed by atoms with Crippen molar-refractivity contribution in [3.63, 3.8) is 0 Å². The molecular weight excluding hydrogens is 112 g/mol. The van der Waals surface area contributed by atoms with E-state index in [1.807, 2.05) is 26.0 Å². The van der Waals surface area contributed by atoms with Gasteiger partial charge >= 0.3 is 0 Å². The number of nitrogens with zero attached hydrogens (tertiary/aromatic N) is 2. The summed E-state index contributed by atoms with van der Waals surface area (Å²) in [6, 6.07) is 0. The molecule has 0 heterocycles. The van der Waals surface area contributed by atoms with Gasteiger partial charge in [-0.3, -0.25) is 4.99 Å². The fourth-order valence-corrected chi connectivity index (χ4v) is 0.975. The van der Waals surface area contributed by atoms with E-state index in [-0.39, 0.29) is 0 Å². The van der Waals surface area contributed by atoms with Crippen LogP contribution in [-0.2, 0) is 0 Å². The highest BCUT2D eigenvalue weighted by Crippen LogP contribution is 1.97. The molecule has 0 aromatic rings. The Balaban J connectivity index is 4.01. The number of hydrogen-bond donors (Lipinski definition) is 0. The fraction of sp³-hybridized carbons (Fsp3) is 0.857. The molecule has 9 heavy (non-hydrogen) atoms. The molecule has 0 aliphatic heterocycles. The lowest BCUT2D eigenvalue weighted by Crippen LogP contribution is -2.26. The Kier molecular flexibility index (Phi) is 3.28. The van der Waals surface area contributed by atoms with Crippen molar-refractivity contribution < 1.29 is 0 Å². The van der Waals surface area contributed by atoms with Crippen molar-refractivity contribution in [2.45, 2.75) is 13.8 Å². The molecule has 0 rings (SSSR count). The predicted octanol–water partition coefficient (Wildman–Crippen LogP) is 1.23. The van der Waals surface area contributed by atoms with Crippen LogP contribution in [0.25, 0.3) is 0 Å². The molecule has 0 saturated heterocycles. The first-order valence-electron chi connectivity index (χ1n) is 3.23. The highest BCUT2D eigenvalue weighted by Gasteiger charge is 2.03.